The van der Waals surface area contributed by atoms with Gasteiger partial charge in [0.2, 0.25) is 0 Å². The van der Waals surface area contributed by atoms with Crippen molar-refractivity contribution in [3.8, 4) is 0 Å². The van der Waals surface area contributed by atoms with E-state index in [4.69, 9.17) is 5.11 Å². The number of benzene rings is 1. The molecular weight excluding hydrogens is 190 g/mol. The molecule has 1 heterocycles. The van der Waals surface area contributed by atoms with Crippen LogP contribution in [-0.2, 0) is 11.3 Å². The Kier molecular flexibility index (Phi) is 2.31. The van der Waals surface area contributed by atoms with Crippen molar-refractivity contribution in [1.29, 1.82) is 0 Å². The summed E-state index contributed by atoms with van der Waals surface area (Å²) < 4.78 is 0. The zero-order chi connectivity index (χ0) is 11.0. The van der Waals surface area contributed by atoms with Crippen LogP contribution in [0.1, 0.15) is 36.5 Å². The predicted molar refractivity (Wildman–Crippen MR) is 58.4 cm³/mol. The van der Waals surface area contributed by atoms with Crippen molar-refractivity contribution in [2.24, 2.45) is 4.99 Å². The molecule has 1 N–H and O–H groups in total. The largest absolute Gasteiger partial charge is 0.477 e. The van der Waals surface area contributed by atoms with Gasteiger partial charge < -0.3 is 5.11 Å². The minimum absolute atomic E-state index is 0.201. The van der Waals surface area contributed by atoms with E-state index in [0.717, 1.165) is 16.7 Å². The Morgan fingerprint density at radius 2 is 2.20 bits per heavy atom. The standard InChI is InChI=1S/C12H13NO2/c1-7(2)8-3-4-9-6-13-11(12(14)15)10(9)5-8/h3-5,7H,6H2,1-2H3,(H,14,15). The molecule has 0 saturated heterocycles. The molecule has 0 aromatic heterocycles. The highest BCUT2D eigenvalue weighted by molar-refractivity contribution is 6.43. The van der Waals surface area contributed by atoms with Gasteiger partial charge in [0.25, 0.3) is 0 Å². The van der Waals surface area contributed by atoms with Gasteiger partial charge in [-0.3, -0.25) is 4.99 Å². The third kappa shape index (κ3) is 1.65. The summed E-state index contributed by atoms with van der Waals surface area (Å²) in [4.78, 5) is 14.9. The smallest absolute Gasteiger partial charge is 0.354 e. The summed E-state index contributed by atoms with van der Waals surface area (Å²) in [5.74, 6) is -0.527. The van der Waals surface area contributed by atoms with Gasteiger partial charge in [0, 0.05) is 5.56 Å². The molecule has 15 heavy (non-hydrogen) atoms. The average Bonchev–Trinajstić information content (AvgIpc) is 2.59. The lowest BCUT2D eigenvalue weighted by Gasteiger charge is -2.07. The van der Waals surface area contributed by atoms with Gasteiger partial charge in [-0.2, -0.15) is 0 Å². The Hall–Kier alpha value is -1.64. The second-order valence-electron chi connectivity index (χ2n) is 4.04. The van der Waals surface area contributed by atoms with Gasteiger partial charge in [0.15, 0.2) is 5.71 Å². The summed E-state index contributed by atoms with van der Waals surface area (Å²) in [7, 11) is 0. The third-order valence-electron chi connectivity index (χ3n) is 2.67. The minimum atomic E-state index is -0.936. The van der Waals surface area contributed by atoms with Crippen LogP contribution < -0.4 is 0 Å². The molecule has 2 rings (SSSR count). The molecule has 0 amide bonds. The lowest BCUT2D eigenvalue weighted by Crippen LogP contribution is -2.12. The molecule has 0 aliphatic carbocycles. The summed E-state index contributed by atoms with van der Waals surface area (Å²) in [5, 5.41) is 8.96. The van der Waals surface area contributed by atoms with E-state index in [0.29, 0.717) is 12.5 Å². The second-order valence-corrected chi connectivity index (χ2v) is 4.04. The molecule has 1 aromatic rings. The zero-order valence-electron chi connectivity index (χ0n) is 8.82. The number of hydrogen-bond donors (Lipinski definition) is 1. The van der Waals surface area contributed by atoms with Crippen LogP contribution in [0.4, 0.5) is 0 Å². The number of carboxylic acids is 1. The van der Waals surface area contributed by atoms with Crippen LogP contribution in [0.2, 0.25) is 0 Å². The van der Waals surface area contributed by atoms with Crippen molar-refractivity contribution in [2.75, 3.05) is 0 Å². The Labute approximate surface area is 88.5 Å². The molecule has 1 aromatic carbocycles. The SMILES string of the molecule is CC(C)c1ccc2c(c1)C(C(=O)O)=NC2. The van der Waals surface area contributed by atoms with Gasteiger partial charge in [-0.05, 0) is 23.1 Å². The normalized spacial score (nSPS) is 13.9. The lowest BCUT2D eigenvalue weighted by molar-refractivity contribution is -0.129. The van der Waals surface area contributed by atoms with Crippen molar-refractivity contribution in [1.82, 2.24) is 0 Å². The summed E-state index contributed by atoms with van der Waals surface area (Å²) in [6, 6.07) is 5.97. The fourth-order valence-corrected chi connectivity index (χ4v) is 1.74. The maximum absolute atomic E-state index is 10.9. The van der Waals surface area contributed by atoms with E-state index in [-0.39, 0.29) is 5.71 Å². The number of nitrogens with zero attached hydrogens (tertiary/aromatic N) is 1. The van der Waals surface area contributed by atoms with Gasteiger partial charge >= 0.3 is 5.97 Å². The number of carbonyl (C=O) groups is 1. The molecule has 0 saturated carbocycles. The first-order valence-corrected chi connectivity index (χ1v) is 5.00. The number of fused-ring (bicyclic) bond motifs is 1. The van der Waals surface area contributed by atoms with Gasteiger partial charge in [0.05, 0.1) is 6.54 Å². The molecule has 0 radical (unpaired) electrons. The number of aliphatic carboxylic acids is 1. The number of aliphatic imine (C=N–C) groups is 1. The van der Waals surface area contributed by atoms with E-state index in [1.54, 1.807) is 0 Å². The van der Waals surface area contributed by atoms with Crippen LogP contribution >= 0.6 is 0 Å². The first kappa shape index (κ1) is 9.90. The molecule has 0 bridgehead atoms. The maximum Gasteiger partial charge on any atom is 0.354 e. The van der Waals surface area contributed by atoms with Gasteiger partial charge in [-0.25, -0.2) is 4.79 Å². The molecule has 3 nitrogen and oxygen atoms in total. The highest BCUT2D eigenvalue weighted by Gasteiger charge is 2.21. The van der Waals surface area contributed by atoms with Crippen LogP contribution in [0.3, 0.4) is 0 Å². The quantitative estimate of drug-likeness (QED) is 0.801. The molecule has 0 unspecified atom stereocenters. The fourth-order valence-electron chi connectivity index (χ4n) is 1.74. The monoisotopic (exact) mass is 203 g/mol. The summed E-state index contributed by atoms with van der Waals surface area (Å²) in [6.45, 7) is 4.68. The highest BCUT2D eigenvalue weighted by atomic mass is 16.4. The van der Waals surface area contributed by atoms with Gasteiger partial charge in [-0.1, -0.05) is 26.0 Å². The Balaban J connectivity index is 2.48. The van der Waals surface area contributed by atoms with E-state index in [1.807, 2.05) is 18.2 Å². The summed E-state index contributed by atoms with van der Waals surface area (Å²) in [6.07, 6.45) is 0. The third-order valence-corrected chi connectivity index (χ3v) is 2.67. The topological polar surface area (TPSA) is 49.7 Å². The maximum atomic E-state index is 10.9. The van der Waals surface area contributed by atoms with E-state index in [2.05, 4.69) is 18.8 Å². The molecular formula is C12H13NO2. The number of carboxylic acid groups (broad SMARTS) is 1. The van der Waals surface area contributed by atoms with Crippen LogP contribution in [-0.4, -0.2) is 16.8 Å². The predicted octanol–water partition coefficient (Wildman–Crippen LogP) is 2.20. The van der Waals surface area contributed by atoms with Crippen molar-refractivity contribution < 1.29 is 9.90 Å². The summed E-state index contributed by atoms with van der Waals surface area (Å²) >= 11 is 0. The zero-order valence-corrected chi connectivity index (χ0v) is 8.82. The van der Waals surface area contributed by atoms with Crippen molar-refractivity contribution >= 4 is 11.7 Å². The molecule has 0 fully saturated rings. The molecule has 1 aliphatic rings. The second kappa shape index (κ2) is 3.50. The molecule has 0 spiro atoms. The van der Waals surface area contributed by atoms with E-state index < -0.39 is 5.97 Å². The first-order valence-electron chi connectivity index (χ1n) is 5.00. The van der Waals surface area contributed by atoms with Crippen molar-refractivity contribution in [3.05, 3.63) is 34.9 Å². The van der Waals surface area contributed by atoms with Crippen molar-refractivity contribution in [3.63, 3.8) is 0 Å². The Morgan fingerprint density at radius 1 is 1.47 bits per heavy atom. The average molecular weight is 203 g/mol. The van der Waals surface area contributed by atoms with Crippen LogP contribution in [0, 0.1) is 0 Å². The molecule has 78 valence electrons. The number of hydrogen-bond acceptors (Lipinski definition) is 2. The van der Waals surface area contributed by atoms with Crippen molar-refractivity contribution in [2.45, 2.75) is 26.3 Å². The van der Waals surface area contributed by atoms with Crippen LogP contribution in [0.25, 0.3) is 0 Å². The Morgan fingerprint density at radius 3 is 2.80 bits per heavy atom. The fraction of sp³-hybridized carbons (Fsp3) is 0.333. The number of rotatable bonds is 2. The van der Waals surface area contributed by atoms with E-state index in [1.165, 1.54) is 0 Å². The highest BCUT2D eigenvalue weighted by Crippen LogP contribution is 2.24. The van der Waals surface area contributed by atoms with Gasteiger partial charge in [0.1, 0.15) is 0 Å². The van der Waals surface area contributed by atoms with Gasteiger partial charge in [-0.15, -0.1) is 0 Å². The molecule has 1 aliphatic heterocycles. The van der Waals surface area contributed by atoms with Crippen LogP contribution in [0.5, 0.6) is 0 Å². The molecule has 0 atom stereocenters. The van der Waals surface area contributed by atoms with E-state index in [9.17, 15) is 4.79 Å². The minimum Gasteiger partial charge on any atom is -0.477 e. The first-order chi connectivity index (χ1) is 7.09. The van der Waals surface area contributed by atoms with Crippen LogP contribution in [0.15, 0.2) is 23.2 Å². The van der Waals surface area contributed by atoms with E-state index >= 15 is 0 Å². The lowest BCUT2D eigenvalue weighted by atomic mass is 9.96. The Bertz CT molecular complexity index is 447. The summed E-state index contributed by atoms with van der Waals surface area (Å²) in [5.41, 5.74) is 3.16. The molecule has 3 heteroatoms.